The van der Waals surface area contributed by atoms with Crippen molar-refractivity contribution in [3.8, 4) is 0 Å². The van der Waals surface area contributed by atoms with Gasteiger partial charge in [0.2, 0.25) is 5.91 Å². The molecule has 1 aromatic carbocycles. The average molecular weight is 375 g/mol. The second-order valence-corrected chi connectivity index (χ2v) is 7.31. The van der Waals surface area contributed by atoms with Crippen LogP contribution in [0.4, 0.5) is 5.69 Å². The first-order valence-electron chi connectivity index (χ1n) is 9.30. The van der Waals surface area contributed by atoms with Crippen molar-refractivity contribution in [1.82, 2.24) is 5.32 Å². The number of nitrogens with one attached hydrogen (secondary N) is 1. The number of anilines is 1. The van der Waals surface area contributed by atoms with Crippen LogP contribution in [0.3, 0.4) is 0 Å². The first-order valence-corrected chi connectivity index (χ1v) is 9.30. The average Bonchev–Trinajstić information content (AvgIpc) is 3.09. The smallest absolute Gasteiger partial charge is 0.251 e. The maximum Gasteiger partial charge on any atom is 0.251 e. The van der Waals surface area contributed by atoms with Crippen molar-refractivity contribution in [3.63, 3.8) is 0 Å². The molecular formula is C22H21N3O3. The van der Waals surface area contributed by atoms with Crippen LogP contribution >= 0.6 is 0 Å². The Morgan fingerprint density at radius 3 is 2.68 bits per heavy atom. The third-order valence-electron chi connectivity index (χ3n) is 5.54. The Balaban J connectivity index is 1.51. The molecule has 28 heavy (non-hydrogen) atoms. The first kappa shape index (κ1) is 18.1. The molecule has 0 bridgehead atoms. The molecule has 6 nitrogen and oxygen atoms in total. The zero-order chi connectivity index (χ0) is 19.8. The molecule has 0 aromatic heterocycles. The molecule has 0 radical (unpaired) electrons. The summed E-state index contributed by atoms with van der Waals surface area (Å²) in [5.74, 6) is -0.964. The second kappa shape index (κ2) is 7.03. The number of benzene rings is 1. The third-order valence-corrected chi connectivity index (χ3v) is 5.54. The number of amides is 3. The van der Waals surface area contributed by atoms with Gasteiger partial charge in [-0.05, 0) is 38.1 Å². The SMILES string of the molecule is CC1=C(C)C2C=CC(=NC(=O)C3CC(=O)N(c4ccccc4)C3)C=C2NC1=O. The van der Waals surface area contributed by atoms with Gasteiger partial charge in [0, 0.05) is 35.8 Å². The van der Waals surface area contributed by atoms with E-state index in [2.05, 4.69) is 10.3 Å². The maximum absolute atomic E-state index is 12.7. The Labute approximate surface area is 163 Å². The van der Waals surface area contributed by atoms with Crippen molar-refractivity contribution in [2.45, 2.75) is 20.3 Å². The van der Waals surface area contributed by atoms with Crippen molar-refractivity contribution >= 4 is 29.1 Å². The van der Waals surface area contributed by atoms with Gasteiger partial charge in [-0.15, -0.1) is 0 Å². The molecule has 142 valence electrons. The van der Waals surface area contributed by atoms with Gasteiger partial charge in [-0.25, -0.2) is 4.99 Å². The number of carbonyl (C=O) groups excluding carboxylic acids is 3. The van der Waals surface area contributed by atoms with Gasteiger partial charge in [0.1, 0.15) is 0 Å². The minimum Gasteiger partial charge on any atom is -0.325 e. The lowest BCUT2D eigenvalue weighted by Gasteiger charge is -2.28. The van der Waals surface area contributed by atoms with Crippen LogP contribution < -0.4 is 10.2 Å². The van der Waals surface area contributed by atoms with E-state index in [1.165, 1.54) is 0 Å². The number of hydrogen-bond acceptors (Lipinski definition) is 3. The molecule has 1 fully saturated rings. The molecular weight excluding hydrogens is 354 g/mol. The second-order valence-electron chi connectivity index (χ2n) is 7.31. The molecule has 6 heteroatoms. The Morgan fingerprint density at radius 1 is 1.18 bits per heavy atom. The van der Waals surface area contributed by atoms with Gasteiger partial charge >= 0.3 is 0 Å². The number of aliphatic imine (C=N–C) groups is 1. The van der Waals surface area contributed by atoms with Gasteiger partial charge < -0.3 is 10.2 Å². The van der Waals surface area contributed by atoms with Gasteiger partial charge in [0.05, 0.1) is 11.6 Å². The standard InChI is InChI=1S/C22H21N3O3/c1-13-14(2)21(27)24-19-11-16(8-9-18(13)19)23-22(28)15-10-20(26)25(12-15)17-6-4-3-5-7-17/h3-9,11,15,18H,10,12H2,1-2H3,(H,24,27). The number of allylic oxidation sites excluding steroid dienone is 3. The van der Waals surface area contributed by atoms with E-state index < -0.39 is 5.92 Å². The summed E-state index contributed by atoms with van der Waals surface area (Å²) >= 11 is 0. The highest BCUT2D eigenvalue weighted by atomic mass is 16.2. The summed E-state index contributed by atoms with van der Waals surface area (Å²) in [6.07, 6.45) is 5.63. The molecule has 4 rings (SSSR count). The first-order chi connectivity index (χ1) is 13.4. The minimum absolute atomic E-state index is 0.00776. The summed E-state index contributed by atoms with van der Waals surface area (Å²) in [7, 11) is 0. The zero-order valence-electron chi connectivity index (χ0n) is 15.8. The third kappa shape index (κ3) is 3.22. The van der Waals surface area contributed by atoms with Crippen molar-refractivity contribution < 1.29 is 14.4 Å². The summed E-state index contributed by atoms with van der Waals surface area (Å²) in [5, 5.41) is 2.87. The molecule has 1 aromatic rings. The minimum atomic E-state index is -0.463. The molecule has 3 amide bonds. The lowest BCUT2D eigenvalue weighted by atomic mass is 9.85. The van der Waals surface area contributed by atoms with Crippen molar-refractivity contribution in [3.05, 3.63) is 65.4 Å². The molecule has 2 unspecified atom stereocenters. The van der Waals surface area contributed by atoms with Crippen LogP contribution in [0.15, 0.2) is 70.4 Å². The number of fused-ring (bicyclic) bond motifs is 1. The number of nitrogens with zero attached hydrogens (tertiary/aromatic N) is 2. The maximum atomic E-state index is 12.7. The van der Waals surface area contributed by atoms with E-state index in [1.807, 2.05) is 43.3 Å². The Kier molecular flexibility index (Phi) is 4.55. The predicted molar refractivity (Wildman–Crippen MR) is 107 cm³/mol. The fourth-order valence-corrected chi connectivity index (χ4v) is 3.74. The van der Waals surface area contributed by atoms with E-state index in [9.17, 15) is 14.4 Å². The van der Waals surface area contributed by atoms with Crippen LogP contribution in [0, 0.1) is 11.8 Å². The number of para-hydroxylation sites is 1. The normalized spacial score (nSPS) is 25.7. The van der Waals surface area contributed by atoms with Gasteiger partial charge in [-0.3, -0.25) is 14.4 Å². The van der Waals surface area contributed by atoms with E-state index in [-0.39, 0.29) is 30.1 Å². The van der Waals surface area contributed by atoms with Crippen molar-refractivity contribution in [2.24, 2.45) is 16.8 Å². The fourth-order valence-electron chi connectivity index (χ4n) is 3.74. The van der Waals surface area contributed by atoms with E-state index in [1.54, 1.807) is 24.0 Å². The lowest BCUT2D eigenvalue weighted by molar-refractivity contribution is -0.123. The quantitative estimate of drug-likeness (QED) is 0.863. The number of hydrogen-bond donors (Lipinski definition) is 1. The van der Waals surface area contributed by atoms with Crippen LogP contribution in [0.5, 0.6) is 0 Å². The molecule has 1 saturated heterocycles. The summed E-state index contributed by atoms with van der Waals surface area (Å²) in [5.41, 5.74) is 3.73. The van der Waals surface area contributed by atoms with Crippen molar-refractivity contribution in [2.75, 3.05) is 11.4 Å². The monoisotopic (exact) mass is 375 g/mol. The Morgan fingerprint density at radius 2 is 1.93 bits per heavy atom. The highest BCUT2D eigenvalue weighted by Gasteiger charge is 2.35. The molecule has 0 saturated carbocycles. The summed E-state index contributed by atoms with van der Waals surface area (Å²) in [6, 6.07) is 9.33. The fraction of sp³-hybridized carbons (Fsp3) is 0.273. The number of carbonyl (C=O) groups is 3. The molecule has 1 N–H and O–H groups in total. The molecule has 2 heterocycles. The Hall–Kier alpha value is -3.28. The van der Waals surface area contributed by atoms with Crippen molar-refractivity contribution in [1.29, 1.82) is 0 Å². The molecule has 2 atom stereocenters. The van der Waals surface area contributed by atoms with Gasteiger partial charge in [-0.2, -0.15) is 0 Å². The largest absolute Gasteiger partial charge is 0.325 e. The van der Waals surface area contributed by atoms with E-state index in [0.717, 1.165) is 17.0 Å². The lowest BCUT2D eigenvalue weighted by Crippen LogP contribution is -2.35. The van der Waals surface area contributed by atoms with Crippen LogP contribution in [0.25, 0.3) is 0 Å². The van der Waals surface area contributed by atoms with Gasteiger partial charge in [0.25, 0.3) is 11.8 Å². The summed E-state index contributed by atoms with van der Waals surface area (Å²) in [6.45, 7) is 4.07. The predicted octanol–water partition coefficient (Wildman–Crippen LogP) is 2.54. The van der Waals surface area contributed by atoms with E-state index >= 15 is 0 Å². The zero-order valence-corrected chi connectivity index (χ0v) is 15.8. The highest BCUT2D eigenvalue weighted by molar-refractivity contribution is 6.12. The summed E-state index contributed by atoms with van der Waals surface area (Å²) < 4.78 is 0. The van der Waals surface area contributed by atoms with Crippen LogP contribution in [0.2, 0.25) is 0 Å². The van der Waals surface area contributed by atoms with Crippen LogP contribution in [0.1, 0.15) is 20.3 Å². The Bertz CT molecular complexity index is 986. The van der Waals surface area contributed by atoms with E-state index in [0.29, 0.717) is 17.8 Å². The molecule has 1 aliphatic carbocycles. The number of rotatable bonds is 2. The topological polar surface area (TPSA) is 78.8 Å². The van der Waals surface area contributed by atoms with Gasteiger partial charge in [0.15, 0.2) is 0 Å². The molecule has 0 spiro atoms. The molecule has 3 aliphatic rings. The van der Waals surface area contributed by atoms with E-state index in [4.69, 9.17) is 0 Å². The van der Waals surface area contributed by atoms with Crippen LogP contribution in [-0.2, 0) is 14.4 Å². The molecule has 2 aliphatic heterocycles. The van der Waals surface area contributed by atoms with Gasteiger partial charge in [-0.1, -0.05) is 29.8 Å². The highest BCUT2D eigenvalue weighted by Crippen LogP contribution is 2.30. The van der Waals surface area contributed by atoms with Crippen LogP contribution in [-0.4, -0.2) is 30.0 Å². The summed E-state index contributed by atoms with van der Waals surface area (Å²) in [4.78, 5) is 42.8.